The number of aliphatic carboxylic acids is 1. The summed E-state index contributed by atoms with van der Waals surface area (Å²) in [7, 11) is 0. The second-order valence-electron chi connectivity index (χ2n) is 7.44. The third-order valence-electron chi connectivity index (χ3n) is 3.89. The Kier molecular flexibility index (Phi) is 8.82. The zero-order valence-electron chi connectivity index (χ0n) is 16.0. The number of rotatable bonds is 10. The van der Waals surface area contributed by atoms with Crippen molar-refractivity contribution in [2.24, 2.45) is 11.8 Å². The van der Waals surface area contributed by atoms with E-state index in [2.05, 4.69) is 10.6 Å². The summed E-state index contributed by atoms with van der Waals surface area (Å²) in [5.41, 5.74) is 0.858. The van der Waals surface area contributed by atoms with Gasteiger partial charge in [0.25, 0.3) is 0 Å². The Morgan fingerprint density at radius 1 is 0.885 bits per heavy atom. The zero-order chi connectivity index (χ0) is 19.7. The summed E-state index contributed by atoms with van der Waals surface area (Å²) >= 11 is 0. The van der Waals surface area contributed by atoms with E-state index in [1.807, 2.05) is 58.0 Å². The third kappa shape index (κ3) is 8.14. The number of carboxylic acids is 1. The number of hydrogen-bond donors (Lipinski definition) is 3. The van der Waals surface area contributed by atoms with Gasteiger partial charge in [-0.2, -0.15) is 0 Å². The topological polar surface area (TPSA) is 95.5 Å². The van der Waals surface area contributed by atoms with Crippen LogP contribution in [0.15, 0.2) is 30.3 Å². The van der Waals surface area contributed by atoms with Crippen LogP contribution in [0.3, 0.4) is 0 Å². The Balaban J connectivity index is 2.76. The van der Waals surface area contributed by atoms with Crippen molar-refractivity contribution in [1.82, 2.24) is 10.6 Å². The average Bonchev–Trinajstić information content (AvgIpc) is 2.53. The van der Waals surface area contributed by atoms with Crippen molar-refractivity contribution in [3.8, 4) is 0 Å². The maximum atomic E-state index is 12.6. The van der Waals surface area contributed by atoms with E-state index in [1.165, 1.54) is 0 Å². The number of benzene rings is 1. The minimum Gasteiger partial charge on any atom is -0.480 e. The molecule has 0 unspecified atom stereocenters. The highest BCUT2D eigenvalue weighted by Gasteiger charge is 2.27. The fraction of sp³-hybridized carbons (Fsp3) is 0.550. The Morgan fingerprint density at radius 2 is 1.42 bits per heavy atom. The van der Waals surface area contributed by atoms with Crippen LogP contribution in [0, 0.1) is 11.8 Å². The van der Waals surface area contributed by atoms with Crippen LogP contribution in [0.5, 0.6) is 0 Å². The van der Waals surface area contributed by atoms with Gasteiger partial charge in [0.2, 0.25) is 11.8 Å². The molecule has 0 aliphatic rings. The molecular formula is C20H30N2O4. The fourth-order valence-corrected chi connectivity index (χ4v) is 2.69. The highest BCUT2D eigenvalue weighted by Crippen LogP contribution is 2.09. The van der Waals surface area contributed by atoms with E-state index in [9.17, 15) is 19.5 Å². The third-order valence-corrected chi connectivity index (χ3v) is 3.89. The van der Waals surface area contributed by atoms with Crippen LogP contribution in [0.2, 0.25) is 0 Å². The molecule has 0 radical (unpaired) electrons. The number of amides is 2. The summed E-state index contributed by atoms with van der Waals surface area (Å²) in [5.74, 6) is -1.46. The molecule has 26 heavy (non-hydrogen) atoms. The highest BCUT2D eigenvalue weighted by atomic mass is 16.4. The van der Waals surface area contributed by atoms with Crippen molar-refractivity contribution in [2.45, 2.75) is 59.0 Å². The number of carbonyl (C=O) groups excluding carboxylic acids is 2. The Morgan fingerprint density at radius 3 is 1.92 bits per heavy atom. The predicted octanol–water partition coefficient (Wildman–Crippen LogP) is 2.38. The van der Waals surface area contributed by atoms with Crippen LogP contribution >= 0.6 is 0 Å². The molecular weight excluding hydrogens is 332 g/mol. The van der Waals surface area contributed by atoms with E-state index in [1.54, 1.807) is 0 Å². The molecule has 0 heterocycles. The predicted molar refractivity (Wildman–Crippen MR) is 101 cm³/mol. The number of hydrogen-bond acceptors (Lipinski definition) is 3. The van der Waals surface area contributed by atoms with Gasteiger partial charge in [-0.3, -0.25) is 9.59 Å². The molecule has 1 aromatic carbocycles. The Bertz CT molecular complexity index is 599. The summed E-state index contributed by atoms with van der Waals surface area (Å²) in [5, 5.41) is 14.6. The van der Waals surface area contributed by atoms with Crippen molar-refractivity contribution >= 4 is 17.8 Å². The first-order valence-electron chi connectivity index (χ1n) is 9.05. The van der Waals surface area contributed by atoms with E-state index in [-0.39, 0.29) is 24.2 Å². The minimum atomic E-state index is -1.06. The standard InChI is InChI=1S/C20H30N2O4/c1-13(2)10-16(19(24)22-17(20(25)26)11-14(3)4)21-18(23)12-15-8-6-5-7-9-15/h5-9,13-14,16-17H,10-12H2,1-4H3,(H,21,23)(H,22,24)(H,25,26)/t16-,17+/m1/s1. The van der Waals surface area contributed by atoms with Gasteiger partial charge in [0.15, 0.2) is 0 Å². The first-order chi connectivity index (χ1) is 12.2. The van der Waals surface area contributed by atoms with Crippen molar-refractivity contribution in [2.75, 3.05) is 0 Å². The molecule has 0 aliphatic carbocycles. The molecule has 2 amide bonds. The normalized spacial score (nSPS) is 13.3. The Labute approximate surface area is 155 Å². The quantitative estimate of drug-likeness (QED) is 0.595. The van der Waals surface area contributed by atoms with Gasteiger partial charge in [-0.25, -0.2) is 4.79 Å². The van der Waals surface area contributed by atoms with Gasteiger partial charge in [0.05, 0.1) is 6.42 Å². The van der Waals surface area contributed by atoms with E-state index in [0.717, 1.165) is 5.56 Å². The number of nitrogens with one attached hydrogen (secondary N) is 2. The van der Waals surface area contributed by atoms with Crippen LogP contribution in [-0.2, 0) is 20.8 Å². The van der Waals surface area contributed by atoms with E-state index >= 15 is 0 Å². The van der Waals surface area contributed by atoms with Gasteiger partial charge in [-0.1, -0.05) is 58.0 Å². The van der Waals surface area contributed by atoms with E-state index in [4.69, 9.17) is 0 Å². The number of carbonyl (C=O) groups is 3. The van der Waals surface area contributed by atoms with E-state index in [0.29, 0.717) is 12.8 Å². The summed E-state index contributed by atoms with van der Waals surface area (Å²) in [6.07, 6.45) is 0.963. The summed E-state index contributed by atoms with van der Waals surface area (Å²) < 4.78 is 0. The smallest absolute Gasteiger partial charge is 0.326 e. The van der Waals surface area contributed by atoms with Crippen molar-refractivity contribution in [3.05, 3.63) is 35.9 Å². The average molecular weight is 362 g/mol. The fourth-order valence-electron chi connectivity index (χ4n) is 2.69. The van der Waals surface area contributed by atoms with Gasteiger partial charge in [0.1, 0.15) is 12.1 Å². The number of carboxylic acid groups (broad SMARTS) is 1. The van der Waals surface area contributed by atoms with Crippen LogP contribution in [0.25, 0.3) is 0 Å². The molecule has 0 aliphatic heterocycles. The SMILES string of the molecule is CC(C)C[C@H](NC(=O)[C@@H](CC(C)C)NC(=O)Cc1ccccc1)C(=O)O. The molecule has 2 atom stereocenters. The lowest BCUT2D eigenvalue weighted by molar-refractivity contribution is -0.142. The maximum absolute atomic E-state index is 12.6. The van der Waals surface area contributed by atoms with Gasteiger partial charge in [0, 0.05) is 0 Å². The van der Waals surface area contributed by atoms with Crippen molar-refractivity contribution in [3.63, 3.8) is 0 Å². The zero-order valence-corrected chi connectivity index (χ0v) is 16.0. The van der Waals surface area contributed by atoms with Gasteiger partial charge in [-0.15, -0.1) is 0 Å². The van der Waals surface area contributed by atoms with Crippen molar-refractivity contribution in [1.29, 1.82) is 0 Å². The lowest BCUT2D eigenvalue weighted by Crippen LogP contribution is -2.52. The molecule has 1 aromatic rings. The second kappa shape index (κ2) is 10.6. The second-order valence-corrected chi connectivity index (χ2v) is 7.44. The summed E-state index contributed by atoms with van der Waals surface area (Å²) in [6.45, 7) is 7.70. The van der Waals surface area contributed by atoms with Crippen LogP contribution in [-0.4, -0.2) is 35.0 Å². The molecule has 1 rings (SSSR count). The molecule has 0 spiro atoms. The van der Waals surface area contributed by atoms with Crippen LogP contribution < -0.4 is 10.6 Å². The lowest BCUT2D eigenvalue weighted by Gasteiger charge is -2.23. The summed E-state index contributed by atoms with van der Waals surface area (Å²) in [4.78, 5) is 36.2. The molecule has 3 N–H and O–H groups in total. The molecule has 0 saturated heterocycles. The first-order valence-corrected chi connectivity index (χ1v) is 9.05. The van der Waals surface area contributed by atoms with Crippen molar-refractivity contribution < 1.29 is 19.5 Å². The summed E-state index contributed by atoms with van der Waals surface area (Å²) in [6, 6.07) is 7.56. The molecule has 0 fully saturated rings. The molecule has 0 aromatic heterocycles. The molecule has 0 saturated carbocycles. The van der Waals surface area contributed by atoms with E-state index < -0.39 is 24.0 Å². The van der Waals surface area contributed by atoms with Gasteiger partial charge >= 0.3 is 5.97 Å². The monoisotopic (exact) mass is 362 g/mol. The molecule has 0 bridgehead atoms. The molecule has 144 valence electrons. The van der Waals surface area contributed by atoms with Crippen LogP contribution in [0.4, 0.5) is 0 Å². The van der Waals surface area contributed by atoms with Crippen LogP contribution in [0.1, 0.15) is 46.1 Å². The minimum absolute atomic E-state index is 0.132. The first kappa shape index (κ1) is 21.7. The maximum Gasteiger partial charge on any atom is 0.326 e. The van der Waals surface area contributed by atoms with Gasteiger partial charge < -0.3 is 15.7 Å². The Hall–Kier alpha value is -2.37. The molecule has 6 nitrogen and oxygen atoms in total. The van der Waals surface area contributed by atoms with Gasteiger partial charge in [-0.05, 0) is 30.2 Å². The lowest BCUT2D eigenvalue weighted by atomic mass is 10.00. The molecule has 6 heteroatoms. The largest absolute Gasteiger partial charge is 0.480 e. The highest BCUT2D eigenvalue weighted by molar-refractivity contribution is 5.90.